The Morgan fingerprint density at radius 1 is 0.510 bits per heavy atom. The van der Waals surface area contributed by atoms with Crippen LogP contribution in [0.25, 0.3) is 61.2 Å². The largest absolute Gasteiger partial charge is 0.292 e. The van der Waals surface area contributed by atoms with E-state index in [0.29, 0.717) is 5.92 Å². The summed E-state index contributed by atoms with van der Waals surface area (Å²) in [5.41, 5.74) is 13.7. The van der Waals surface area contributed by atoms with Crippen LogP contribution in [0.3, 0.4) is 0 Å². The van der Waals surface area contributed by atoms with E-state index in [4.69, 9.17) is 4.98 Å². The Morgan fingerprint density at radius 2 is 1.20 bits per heavy atom. The van der Waals surface area contributed by atoms with Gasteiger partial charge >= 0.3 is 0 Å². The van der Waals surface area contributed by atoms with Gasteiger partial charge in [-0.2, -0.15) is 0 Å². The van der Waals surface area contributed by atoms with Crippen molar-refractivity contribution in [3.05, 3.63) is 203 Å². The van der Waals surface area contributed by atoms with Gasteiger partial charge in [0.25, 0.3) is 0 Å². The zero-order chi connectivity index (χ0) is 33.7. The highest BCUT2D eigenvalue weighted by Gasteiger charge is 2.30. The highest BCUT2D eigenvalue weighted by atomic mass is 15.1. The average molecular weight is 653 g/mol. The lowest BCUT2D eigenvalue weighted by molar-refractivity contribution is 0.619. The second-order valence-corrected chi connectivity index (χ2v) is 13.8. The molecule has 2 aliphatic rings. The van der Waals surface area contributed by atoms with Gasteiger partial charge in [0, 0.05) is 17.2 Å². The minimum atomic E-state index is 0.360. The number of allylic oxidation sites excluding steroid dienone is 2. The smallest absolute Gasteiger partial charge is 0.145 e. The number of rotatable bonds is 5. The minimum absolute atomic E-state index is 0.360. The summed E-state index contributed by atoms with van der Waals surface area (Å²) < 4.78 is 2.28. The topological polar surface area (TPSA) is 17.8 Å². The zero-order valence-corrected chi connectivity index (χ0v) is 28.3. The fourth-order valence-electron chi connectivity index (χ4n) is 8.47. The van der Waals surface area contributed by atoms with Gasteiger partial charge in [0.15, 0.2) is 0 Å². The first kappa shape index (κ1) is 29.6. The Balaban J connectivity index is 1.17. The summed E-state index contributed by atoms with van der Waals surface area (Å²) in [6.45, 7) is 0. The summed E-state index contributed by atoms with van der Waals surface area (Å²) in [5, 5.41) is 5.24. The molecule has 0 saturated carbocycles. The number of fused-ring (bicyclic) bond motifs is 4. The lowest BCUT2D eigenvalue weighted by Crippen LogP contribution is -2.38. The normalized spacial score (nSPS) is 15.5. The molecule has 1 aromatic heterocycles. The van der Waals surface area contributed by atoms with Gasteiger partial charge in [0.1, 0.15) is 5.82 Å². The molecule has 0 saturated heterocycles. The molecule has 242 valence electrons. The van der Waals surface area contributed by atoms with E-state index in [1.54, 1.807) is 0 Å². The number of nitrogens with zero attached hydrogens (tertiary/aromatic N) is 2. The lowest BCUT2D eigenvalue weighted by atomic mass is 9.71. The van der Waals surface area contributed by atoms with E-state index in [1.165, 1.54) is 66.6 Å². The van der Waals surface area contributed by atoms with Gasteiger partial charge in [-0.05, 0) is 116 Å². The van der Waals surface area contributed by atoms with Crippen molar-refractivity contribution < 1.29 is 0 Å². The maximum Gasteiger partial charge on any atom is 0.145 e. The van der Waals surface area contributed by atoms with Crippen LogP contribution in [-0.2, 0) is 0 Å². The minimum Gasteiger partial charge on any atom is -0.292 e. The molecule has 0 N–H and O–H groups in total. The summed E-state index contributed by atoms with van der Waals surface area (Å²) in [6.07, 6.45) is 6.03. The molecule has 0 aliphatic heterocycles. The van der Waals surface area contributed by atoms with E-state index in [0.717, 1.165) is 41.0 Å². The Bertz CT molecular complexity index is 2750. The van der Waals surface area contributed by atoms with Crippen molar-refractivity contribution in [1.82, 2.24) is 9.55 Å². The zero-order valence-electron chi connectivity index (χ0n) is 28.3. The van der Waals surface area contributed by atoms with Gasteiger partial charge in [-0.3, -0.25) is 4.57 Å². The maximum absolute atomic E-state index is 5.06. The van der Waals surface area contributed by atoms with E-state index < -0.39 is 0 Å². The molecular formula is C49H36N2. The first-order valence-electron chi connectivity index (χ1n) is 18.1. The van der Waals surface area contributed by atoms with Crippen LogP contribution in [0, 0.1) is 5.92 Å². The van der Waals surface area contributed by atoms with E-state index in [9.17, 15) is 0 Å². The van der Waals surface area contributed by atoms with Gasteiger partial charge in [-0.25, -0.2) is 4.98 Å². The monoisotopic (exact) mass is 652 g/mol. The van der Waals surface area contributed by atoms with Gasteiger partial charge in [-0.1, -0.05) is 140 Å². The molecule has 1 heterocycles. The van der Waals surface area contributed by atoms with Crippen LogP contribution in [0.2, 0.25) is 0 Å². The third-order valence-electron chi connectivity index (χ3n) is 10.8. The predicted octanol–water partition coefficient (Wildman–Crippen LogP) is 10.7. The van der Waals surface area contributed by atoms with Crippen LogP contribution in [-0.4, -0.2) is 9.55 Å². The molecular weight excluding hydrogens is 617 g/mol. The predicted molar refractivity (Wildman–Crippen MR) is 212 cm³/mol. The maximum atomic E-state index is 5.06. The summed E-state index contributed by atoms with van der Waals surface area (Å²) in [6, 6.07) is 61.9. The molecule has 8 aromatic rings. The number of hydrogen-bond acceptors (Lipinski definition) is 1. The summed E-state index contributed by atoms with van der Waals surface area (Å²) in [5.74, 6) is 1.31. The third-order valence-corrected chi connectivity index (χ3v) is 10.8. The first-order chi connectivity index (χ1) is 25.3. The van der Waals surface area contributed by atoms with Gasteiger partial charge in [-0.15, -0.1) is 0 Å². The summed E-state index contributed by atoms with van der Waals surface area (Å²) in [4.78, 5) is 5.06. The fourth-order valence-corrected chi connectivity index (χ4v) is 8.47. The van der Waals surface area contributed by atoms with Crippen molar-refractivity contribution in [2.75, 3.05) is 0 Å². The molecule has 2 nitrogen and oxygen atoms in total. The van der Waals surface area contributed by atoms with E-state index in [2.05, 4.69) is 181 Å². The molecule has 0 bridgehead atoms. The van der Waals surface area contributed by atoms with Crippen LogP contribution >= 0.6 is 0 Å². The van der Waals surface area contributed by atoms with Gasteiger partial charge < -0.3 is 0 Å². The standard InChI is InChI=1S/C49H36N2/c1-3-14-35(15-4-1)47-41-19-9-10-20-42(41)48(39-24-23-33-13-7-8-18-37(33)31-39)43-30-27-38(32-44(43)47)34-25-28-40(29-26-34)51-46-22-12-11-21-45(46)50-49(51)36-16-5-2-6-17-36/h1-8,11-18,20-32,41H,9-10,19H2. The molecule has 0 fully saturated rings. The number of aromatic nitrogens is 2. The molecule has 0 amide bonds. The van der Waals surface area contributed by atoms with Crippen molar-refractivity contribution >= 4 is 33.0 Å². The molecule has 2 heteroatoms. The molecule has 7 aromatic carbocycles. The third kappa shape index (κ3) is 5.06. The molecule has 2 aliphatic carbocycles. The molecule has 1 unspecified atom stereocenters. The number of benzene rings is 7. The van der Waals surface area contributed by atoms with Crippen LogP contribution in [0.4, 0.5) is 0 Å². The van der Waals surface area contributed by atoms with E-state index in [1.807, 2.05) is 0 Å². The van der Waals surface area contributed by atoms with Crippen LogP contribution in [0.1, 0.15) is 30.4 Å². The summed E-state index contributed by atoms with van der Waals surface area (Å²) in [7, 11) is 0. The van der Waals surface area contributed by atoms with E-state index in [-0.39, 0.29) is 0 Å². The highest BCUT2D eigenvalue weighted by Crippen LogP contribution is 2.42. The number of hydrogen-bond donors (Lipinski definition) is 0. The number of imidazole rings is 1. The Kier molecular flexibility index (Phi) is 7.13. The van der Waals surface area contributed by atoms with Crippen molar-refractivity contribution in [2.24, 2.45) is 5.92 Å². The van der Waals surface area contributed by atoms with E-state index >= 15 is 0 Å². The van der Waals surface area contributed by atoms with Crippen LogP contribution in [0.5, 0.6) is 0 Å². The fraction of sp³-hybridized carbons (Fsp3) is 0.0816. The highest BCUT2D eigenvalue weighted by molar-refractivity contribution is 5.93. The molecule has 0 spiro atoms. The van der Waals surface area contributed by atoms with Crippen molar-refractivity contribution in [3.63, 3.8) is 0 Å². The van der Waals surface area contributed by atoms with Crippen LogP contribution < -0.4 is 10.4 Å². The van der Waals surface area contributed by atoms with Gasteiger partial charge in [0.2, 0.25) is 0 Å². The first-order valence-corrected chi connectivity index (χ1v) is 18.1. The van der Waals surface area contributed by atoms with Crippen LogP contribution in [0.15, 0.2) is 182 Å². The lowest BCUT2D eigenvalue weighted by Gasteiger charge is -2.33. The van der Waals surface area contributed by atoms with Crippen molar-refractivity contribution in [3.8, 4) is 28.2 Å². The Morgan fingerprint density at radius 3 is 2.02 bits per heavy atom. The van der Waals surface area contributed by atoms with Crippen molar-refractivity contribution in [1.29, 1.82) is 0 Å². The quantitative estimate of drug-likeness (QED) is 0.181. The molecule has 0 radical (unpaired) electrons. The Labute approximate surface area is 298 Å². The molecule has 1 atom stereocenters. The number of para-hydroxylation sites is 2. The molecule has 51 heavy (non-hydrogen) atoms. The SMILES string of the molecule is C1=C2C(c3ccc4ccccc4c3)=c3ccc(-c4ccc(-n5c(-c6ccccc6)nc6ccccc65)cc4)cc3=C(c3ccccc3)C2CCC1. The molecule has 10 rings (SSSR count). The van der Waals surface area contributed by atoms with Crippen molar-refractivity contribution in [2.45, 2.75) is 19.3 Å². The Hall–Kier alpha value is -6.25. The average Bonchev–Trinajstić information content (AvgIpc) is 3.60. The second kappa shape index (κ2) is 12.3. The van der Waals surface area contributed by atoms with Gasteiger partial charge in [0.05, 0.1) is 11.0 Å². The summed E-state index contributed by atoms with van der Waals surface area (Å²) >= 11 is 0. The second-order valence-electron chi connectivity index (χ2n) is 13.8.